The lowest BCUT2D eigenvalue weighted by atomic mass is 10.2. The Labute approximate surface area is 159 Å². The molecule has 26 heavy (non-hydrogen) atoms. The SMILES string of the molecule is CCOP(=O)(OCC)C(C(C)CC)P(c1ccccc1)c1ccccc1. The molecule has 2 unspecified atom stereocenters. The van der Waals surface area contributed by atoms with Crippen molar-refractivity contribution in [1.82, 2.24) is 0 Å². The van der Waals surface area contributed by atoms with Gasteiger partial charge in [-0.05, 0) is 38.3 Å². The maximum absolute atomic E-state index is 13.9. The number of benzene rings is 2. The molecule has 0 aliphatic rings. The molecule has 0 saturated heterocycles. The third kappa shape index (κ3) is 5.05. The highest BCUT2D eigenvalue weighted by molar-refractivity contribution is 7.83. The van der Waals surface area contributed by atoms with Crippen LogP contribution >= 0.6 is 15.5 Å². The summed E-state index contributed by atoms with van der Waals surface area (Å²) in [5, 5.41) is 2.24. The predicted octanol–water partition coefficient (Wildman–Crippen LogP) is 5.76. The van der Waals surface area contributed by atoms with Gasteiger partial charge in [0.05, 0.1) is 18.6 Å². The van der Waals surface area contributed by atoms with Gasteiger partial charge >= 0.3 is 7.60 Å². The summed E-state index contributed by atoms with van der Waals surface area (Å²) < 4.78 is 25.5. The van der Waals surface area contributed by atoms with Gasteiger partial charge in [-0.1, -0.05) is 80.9 Å². The Balaban J connectivity index is 2.64. The van der Waals surface area contributed by atoms with Gasteiger partial charge in [-0.15, -0.1) is 0 Å². The van der Waals surface area contributed by atoms with Crippen LogP contribution in [0.15, 0.2) is 60.7 Å². The van der Waals surface area contributed by atoms with Crippen molar-refractivity contribution in [3.05, 3.63) is 60.7 Å². The summed E-state index contributed by atoms with van der Waals surface area (Å²) in [6.07, 6.45) is 0.924. The van der Waals surface area contributed by atoms with E-state index >= 15 is 0 Å². The van der Waals surface area contributed by atoms with E-state index in [-0.39, 0.29) is 11.3 Å². The zero-order valence-corrected chi connectivity index (χ0v) is 18.0. The molecule has 0 radical (unpaired) electrons. The summed E-state index contributed by atoms with van der Waals surface area (Å²) in [4.78, 5) is 0. The minimum Gasteiger partial charge on any atom is -0.308 e. The maximum atomic E-state index is 13.9. The Bertz CT molecular complexity index is 641. The summed E-state index contributed by atoms with van der Waals surface area (Å²) in [6.45, 7) is 8.84. The first-order chi connectivity index (χ1) is 12.6. The van der Waals surface area contributed by atoms with Crippen LogP contribution in [-0.4, -0.2) is 18.6 Å². The first-order valence-corrected chi connectivity index (χ1v) is 12.4. The molecule has 0 aromatic heterocycles. The van der Waals surface area contributed by atoms with Gasteiger partial charge in [-0.3, -0.25) is 4.57 Å². The van der Waals surface area contributed by atoms with Crippen LogP contribution in [0.5, 0.6) is 0 Å². The van der Waals surface area contributed by atoms with Crippen molar-refractivity contribution in [2.24, 2.45) is 5.92 Å². The van der Waals surface area contributed by atoms with E-state index in [1.165, 1.54) is 10.6 Å². The quantitative estimate of drug-likeness (QED) is 0.483. The van der Waals surface area contributed by atoms with Crippen molar-refractivity contribution in [3.63, 3.8) is 0 Å². The normalized spacial score (nSPS) is 14.3. The standard InChI is InChI=1S/C21H30O3P2/c1-5-18(4)21(26(22,23-6-2)24-7-3)25(19-14-10-8-11-15-19)20-16-12-9-13-17-20/h8-18,21H,5-7H2,1-4H3. The number of hydrogen-bond donors (Lipinski definition) is 0. The molecule has 0 spiro atoms. The lowest BCUT2D eigenvalue weighted by molar-refractivity contribution is 0.213. The molecule has 5 heteroatoms. The summed E-state index contributed by atoms with van der Waals surface area (Å²) in [5.41, 5.74) is 0. The molecule has 0 N–H and O–H groups in total. The van der Waals surface area contributed by atoms with E-state index in [1.807, 2.05) is 50.2 Å². The van der Waals surface area contributed by atoms with Crippen LogP contribution in [-0.2, 0) is 13.6 Å². The minimum absolute atomic E-state index is 0.174. The van der Waals surface area contributed by atoms with E-state index in [9.17, 15) is 4.57 Å². The summed E-state index contributed by atoms with van der Waals surface area (Å²) >= 11 is 0. The third-order valence-electron chi connectivity index (χ3n) is 4.43. The molecule has 2 aromatic rings. The van der Waals surface area contributed by atoms with E-state index in [4.69, 9.17) is 9.05 Å². The van der Waals surface area contributed by atoms with Gasteiger partial charge in [0.1, 0.15) is 0 Å². The van der Waals surface area contributed by atoms with Gasteiger partial charge < -0.3 is 9.05 Å². The second kappa shape index (κ2) is 10.4. The lowest BCUT2D eigenvalue weighted by Crippen LogP contribution is -2.28. The van der Waals surface area contributed by atoms with E-state index < -0.39 is 15.5 Å². The van der Waals surface area contributed by atoms with Gasteiger partial charge in [0, 0.05) is 0 Å². The minimum atomic E-state index is -3.26. The molecule has 3 nitrogen and oxygen atoms in total. The fourth-order valence-corrected chi connectivity index (χ4v) is 9.98. The van der Waals surface area contributed by atoms with Crippen molar-refractivity contribution in [3.8, 4) is 0 Å². The Kier molecular flexibility index (Phi) is 8.51. The molecule has 2 rings (SSSR count). The molecule has 2 aromatic carbocycles. The van der Waals surface area contributed by atoms with Crippen molar-refractivity contribution in [2.45, 2.75) is 39.5 Å². The molecule has 0 aliphatic heterocycles. The van der Waals surface area contributed by atoms with Gasteiger partial charge in [-0.2, -0.15) is 0 Å². The largest absolute Gasteiger partial charge is 0.338 e. The van der Waals surface area contributed by atoms with Crippen LogP contribution in [0.2, 0.25) is 0 Å². The smallest absolute Gasteiger partial charge is 0.308 e. The highest BCUT2D eigenvalue weighted by Gasteiger charge is 2.45. The molecule has 0 heterocycles. The van der Waals surface area contributed by atoms with E-state index in [0.717, 1.165) is 6.42 Å². The average Bonchev–Trinajstić information content (AvgIpc) is 2.67. The van der Waals surface area contributed by atoms with Crippen LogP contribution in [0.1, 0.15) is 34.1 Å². The highest BCUT2D eigenvalue weighted by atomic mass is 31.2. The molecular formula is C21H30O3P2. The van der Waals surface area contributed by atoms with Gasteiger partial charge in [0.2, 0.25) is 0 Å². The van der Waals surface area contributed by atoms with Crippen LogP contribution in [0.3, 0.4) is 0 Å². The topological polar surface area (TPSA) is 35.5 Å². The third-order valence-corrected chi connectivity index (χ3v) is 11.1. The van der Waals surface area contributed by atoms with Crippen molar-refractivity contribution < 1.29 is 13.6 Å². The van der Waals surface area contributed by atoms with Crippen molar-refractivity contribution in [2.75, 3.05) is 13.2 Å². The predicted molar refractivity (Wildman–Crippen MR) is 113 cm³/mol. The summed E-state index contributed by atoms with van der Waals surface area (Å²) in [6, 6.07) is 20.8. The highest BCUT2D eigenvalue weighted by Crippen LogP contribution is 2.67. The molecular weight excluding hydrogens is 362 g/mol. The van der Waals surface area contributed by atoms with E-state index in [0.29, 0.717) is 13.2 Å². The van der Waals surface area contributed by atoms with Gasteiger partial charge in [0.25, 0.3) is 0 Å². The Hall–Kier alpha value is -0.980. The second-order valence-electron chi connectivity index (χ2n) is 6.22. The second-order valence-corrected chi connectivity index (χ2v) is 11.1. The fourth-order valence-electron chi connectivity index (χ4n) is 3.10. The molecule has 0 amide bonds. The maximum Gasteiger partial charge on any atom is 0.338 e. The Morgan fingerprint density at radius 3 is 1.62 bits per heavy atom. The van der Waals surface area contributed by atoms with Gasteiger partial charge in [-0.25, -0.2) is 0 Å². The zero-order valence-electron chi connectivity index (χ0n) is 16.2. The molecule has 142 valence electrons. The van der Waals surface area contributed by atoms with Crippen molar-refractivity contribution >= 4 is 26.1 Å². The van der Waals surface area contributed by atoms with Crippen molar-refractivity contribution in [1.29, 1.82) is 0 Å². The molecule has 0 bridgehead atoms. The average molecular weight is 392 g/mol. The zero-order chi connectivity index (χ0) is 19.0. The Morgan fingerprint density at radius 2 is 1.27 bits per heavy atom. The monoisotopic (exact) mass is 392 g/mol. The molecule has 0 aliphatic carbocycles. The van der Waals surface area contributed by atoms with Crippen LogP contribution in [0.25, 0.3) is 0 Å². The lowest BCUT2D eigenvalue weighted by Gasteiger charge is -2.36. The molecule has 0 saturated carbocycles. The van der Waals surface area contributed by atoms with Gasteiger partial charge in [0.15, 0.2) is 0 Å². The Morgan fingerprint density at radius 1 is 0.846 bits per heavy atom. The van der Waals surface area contributed by atoms with Crippen LogP contribution in [0, 0.1) is 5.92 Å². The summed E-state index contributed by atoms with van der Waals surface area (Å²) in [5.74, 6) is 0.213. The van der Waals surface area contributed by atoms with E-state index in [1.54, 1.807) is 0 Å². The fraction of sp³-hybridized carbons (Fsp3) is 0.429. The van der Waals surface area contributed by atoms with Crippen LogP contribution < -0.4 is 10.6 Å². The summed E-state index contributed by atoms with van der Waals surface area (Å²) in [7, 11) is -4.14. The number of hydrogen-bond acceptors (Lipinski definition) is 3. The molecule has 2 atom stereocenters. The molecule has 0 fully saturated rings. The first-order valence-electron chi connectivity index (χ1n) is 9.35. The first kappa shape index (κ1) is 21.3. The number of rotatable bonds is 10. The van der Waals surface area contributed by atoms with Crippen LogP contribution in [0.4, 0.5) is 0 Å². The van der Waals surface area contributed by atoms with E-state index in [2.05, 4.69) is 38.1 Å².